The molecule has 2 rings (SSSR count). The molecule has 0 aliphatic heterocycles. The Bertz CT molecular complexity index is 384. The number of Topliss-reactive ketones (excluding diaryl/α,β-unsaturated/α-hetero) is 2. The SMILES string of the molecule is CC(C)C/C=C1\CCCC1=O.CC(C)CC=O.O=C1CCCC1. The third-order valence-electron chi connectivity index (χ3n) is 3.77. The summed E-state index contributed by atoms with van der Waals surface area (Å²) in [5, 5.41) is 0. The van der Waals surface area contributed by atoms with Crippen molar-refractivity contribution in [2.24, 2.45) is 11.8 Å². The molecule has 0 radical (unpaired) electrons. The Hall–Kier alpha value is -1.25. The van der Waals surface area contributed by atoms with Crippen molar-refractivity contribution >= 4 is 17.9 Å². The van der Waals surface area contributed by atoms with Crippen molar-refractivity contribution in [2.75, 3.05) is 0 Å². The average molecular weight is 322 g/mol. The zero-order valence-corrected chi connectivity index (χ0v) is 15.4. The molecule has 0 aromatic carbocycles. The molecule has 3 heteroatoms. The lowest BCUT2D eigenvalue weighted by Gasteiger charge is -1.98. The molecular formula is C20H34O3. The van der Waals surface area contributed by atoms with E-state index < -0.39 is 0 Å². The lowest BCUT2D eigenvalue weighted by molar-refractivity contribution is -0.117. The van der Waals surface area contributed by atoms with Crippen LogP contribution in [0.2, 0.25) is 0 Å². The van der Waals surface area contributed by atoms with Crippen LogP contribution in [0, 0.1) is 11.8 Å². The van der Waals surface area contributed by atoms with Crippen LogP contribution >= 0.6 is 0 Å². The Balaban J connectivity index is 0.000000344. The largest absolute Gasteiger partial charge is 0.303 e. The quantitative estimate of drug-likeness (QED) is 0.536. The van der Waals surface area contributed by atoms with Gasteiger partial charge in [-0.15, -0.1) is 0 Å². The Morgan fingerprint density at radius 3 is 1.65 bits per heavy atom. The fourth-order valence-corrected chi connectivity index (χ4v) is 2.30. The third-order valence-corrected chi connectivity index (χ3v) is 3.77. The molecule has 0 heterocycles. The lowest BCUT2D eigenvalue weighted by Crippen LogP contribution is -1.92. The monoisotopic (exact) mass is 322 g/mol. The van der Waals surface area contributed by atoms with Gasteiger partial charge in [-0.25, -0.2) is 0 Å². The minimum atomic E-state index is 0.380. The van der Waals surface area contributed by atoms with E-state index in [0.29, 0.717) is 29.8 Å². The maximum absolute atomic E-state index is 11.1. The van der Waals surface area contributed by atoms with Gasteiger partial charge >= 0.3 is 0 Å². The minimum Gasteiger partial charge on any atom is -0.303 e. The van der Waals surface area contributed by atoms with Gasteiger partial charge in [-0.2, -0.15) is 0 Å². The summed E-state index contributed by atoms with van der Waals surface area (Å²) in [7, 11) is 0. The summed E-state index contributed by atoms with van der Waals surface area (Å²) in [6, 6.07) is 0. The van der Waals surface area contributed by atoms with Crippen molar-refractivity contribution in [3.8, 4) is 0 Å². The van der Waals surface area contributed by atoms with Gasteiger partial charge in [0.2, 0.25) is 0 Å². The summed E-state index contributed by atoms with van der Waals surface area (Å²) in [6.45, 7) is 8.40. The minimum absolute atomic E-state index is 0.380. The van der Waals surface area contributed by atoms with Gasteiger partial charge in [0.05, 0.1) is 0 Å². The molecule has 2 aliphatic carbocycles. The molecule has 0 aromatic heterocycles. The van der Waals surface area contributed by atoms with Gasteiger partial charge in [0.15, 0.2) is 5.78 Å². The fraction of sp³-hybridized carbons (Fsp3) is 0.750. The Morgan fingerprint density at radius 2 is 1.39 bits per heavy atom. The Kier molecular flexibility index (Phi) is 12.5. The topological polar surface area (TPSA) is 51.2 Å². The molecule has 0 aromatic rings. The summed E-state index contributed by atoms with van der Waals surface area (Å²) in [5.41, 5.74) is 1.08. The number of carbonyl (C=O) groups is 3. The molecule has 0 amide bonds. The summed E-state index contributed by atoms with van der Waals surface area (Å²) >= 11 is 0. The highest BCUT2D eigenvalue weighted by Crippen LogP contribution is 2.21. The summed E-state index contributed by atoms with van der Waals surface area (Å²) in [6.07, 6.45) is 11.7. The van der Waals surface area contributed by atoms with Crippen LogP contribution in [-0.4, -0.2) is 17.9 Å². The van der Waals surface area contributed by atoms with Gasteiger partial charge in [-0.1, -0.05) is 33.8 Å². The van der Waals surface area contributed by atoms with Crippen LogP contribution < -0.4 is 0 Å². The van der Waals surface area contributed by atoms with Crippen LogP contribution in [0.1, 0.15) is 85.5 Å². The van der Waals surface area contributed by atoms with Gasteiger partial charge in [-0.05, 0) is 49.5 Å². The number of hydrogen-bond acceptors (Lipinski definition) is 3. The summed E-state index contributed by atoms with van der Waals surface area (Å²) < 4.78 is 0. The van der Waals surface area contributed by atoms with Crippen LogP contribution in [0.5, 0.6) is 0 Å². The molecule has 0 unspecified atom stereocenters. The number of allylic oxidation sites excluding steroid dienone is 2. The van der Waals surface area contributed by atoms with Crippen molar-refractivity contribution < 1.29 is 14.4 Å². The number of hydrogen-bond donors (Lipinski definition) is 0. The maximum atomic E-state index is 11.1. The molecule has 0 N–H and O–H groups in total. The molecular weight excluding hydrogens is 288 g/mol. The highest BCUT2D eigenvalue weighted by Gasteiger charge is 2.15. The molecule has 0 bridgehead atoms. The van der Waals surface area contributed by atoms with Crippen LogP contribution in [-0.2, 0) is 14.4 Å². The zero-order valence-electron chi connectivity index (χ0n) is 15.4. The van der Waals surface area contributed by atoms with E-state index in [4.69, 9.17) is 0 Å². The molecule has 2 aliphatic rings. The van der Waals surface area contributed by atoms with Crippen molar-refractivity contribution in [1.29, 1.82) is 0 Å². The first-order chi connectivity index (χ1) is 10.9. The van der Waals surface area contributed by atoms with E-state index in [1.165, 1.54) is 0 Å². The van der Waals surface area contributed by atoms with Crippen molar-refractivity contribution in [3.63, 3.8) is 0 Å². The molecule has 23 heavy (non-hydrogen) atoms. The van der Waals surface area contributed by atoms with Gasteiger partial charge in [0, 0.05) is 25.7 Å². The number of carbonyl (C=O) groups excluding carboxylic acids is 3. The summed E-state index contributed by atoms with van der Waals surface area (Å²) in [5.74, 6) is 2.04. The highest BCUT2D eigenvalue weighted by atomic mass is 16.1. The first-order valence-electron chi connectivity index (χ1n) is 9.04. The Labute approximate surface area is 141 Å². The predicted molar refractivity (Wildman–Crippen MR) is 95.4 cm³/mol. The number of ketones is 2. The highest BCUT2D eigenvalue weighted by molar-refractivity contribution is 5.97. The number of rotatable bonds is 4. The maximum Gasteiger partial charge on any atom is 0.158 e. The third kappa shape index (κ3) is 12.9. The zero-order chi connectivity index (χ0) is 17.7. The lowest BCUT2D eigenvalue weighted by atomic mass is 10.1. The van der Waals surface area contributed by atoms with Crippen molar-refractivity contribution in [1.82, 2.24) is 0 Å². The second-order valence-corrected chi connectivity index (χ2v) is 7.18. The van der Waals surface area contributed by atoms with E-state index in [-0.39, 0.29) is 0 Å². The second kappa shape index (κ2) is 13.2. The first kappa shape index (κ1) is 21.8. The van der Waals surface area contributed by atoms with Gasteiger partial charge in [0.1, 0.15) is 12.1 Å². The van der Waals surface area contributed by atoms with Crippen LogP contribution in [0.3, 0.4) is 0 Å². The van der Waals surface area contributed by atoms with Crippen molar-refractivity contribution in [3.05, 3.63) is 11.6 Å². The molecule has 0 spiro atoms. The van der Waals surface area contributed by atoms with E-state index in [1.807, 2.05) is 13.8 Å². The molecule has 0 saturated heterocycles. The molecule has 132 valence electrons. The molecule has 3 nitrogen and oxygen atoms in total. The second-order valence-electron chi connectivity index (χ2n) is 7.18. The normalized spacial score (nSPS) is 18.8. The molecule has 2 fully saturated rings. The number of aldehydes is 1. The van der Waals surface area contributed by atoms with E-state index in [2.05, 4.69) is 19.9 Å². The first-order valence-corrected chi connectivity index (χ1v) is 9.04. The van der Waals surface area contributed by atoms with E-state index in [9.17, 15) is 14.4 Å². The summed E-state index contributed by atoms with van der Waals surface area (Å²) in [4.78, 5) is 31.0. The van der Waals surface area contributed by atoms with E-state index in [0.717, 1.165) is 63.2 Å². The molecule has 2 saturated carbocycles. The standard InChI is InChI=1S/C10H16O.C5H8O.C5H10O/c1-8(2)6-7-9-4-3-5-10(9)11;6-5-3-1-2-4-5;1-5(2)3-4-6/h7-8H,3-6H2,1-2H3;1-4H2;4-5H,3H2,1-2H3/b9-7+;;. The van der Waals surface area contributed by atoms with E-state index in [1.54, 1.807) is 0 Å². The van der Waals surface area contributed by atoms with Crippen LogP contribution in [0.4, 0.5) is 0 Å². The average Bonchev–Trinajstić information content (AvgIpc) is 3.09. The van der Waals surface area contributed by atoms with E-state index >= 15 is 0 Å². The van der Waals surface area contributed by atoms with Crippen LogP contribution in [0.25, 0.3) is 0 Å². The Morgan fingerprint density at radius 1 is 0.826 bits per heavy atom. The van der Waals surface area contributed by atoms with Crippen molar-refractivity contribution in [2.45, 2.75) is 85.5 Å². The van der Waals surface area contributed by atoms with Gasteiger partial charge in [0.25, 0.3) is 0 Å². The van der Waals surface area contributed by atoms with Gasteiger partial charge in [-0.3, -0.25) is 9.59 Å². The molecule has 0 atom stereocenters. The fourth-order valence-electron chi connectivity index (χ4n) is 2.30. The van der Waals surface area contributed by atoms with Crippen LogP contribution in [0.15, 0.2) is 11.6 Å². The van der Waals surface area contributed by atoms with Gasteiger partial charge < -0.3 is 4.79 Å². The smallest absolute Gasteiger partial charge is 0.158 e. The predicted octanol–water partition coefficient (Wildman–Crippen LogP) is 5.07.